The number of aromatic nitrogens is 1. The Hall–Kier alpha value is -1.72. The van der Waals surface area contributed by atoms with Crippen LogP contribution in [0.25, 0.3) is 10.9 Å². The molecular weight excluding hydrogens is 293 g/mol. The fraction of sp³-hybridized carbons (Fsp3) is 0.500. The van der Waals surface area contributed by atoms with E-state index in [1.807, 2.05) is 19.1 Å². The van der Waals surface area contributed by atoms with Gasteiger partial charge in [0.05, 0.1) is 0 Å². The molecule has 1 aliphatic rings. The summed E-state index contributed by atoms with van der Waals surface area (Å²) in [4.78, 5) is 6.61. The third-order valence-electron chi connectivity index (χ3n) is 4.90. The second-order valence-electron chi connectivity index (χ2n) is 6.53. The van der Waals surface area contributed by atoms with E-state index in [0.29, 0.717) is 5.52 Å². The number of fused-ring (bicyclic) bond motifs is 1. The Balaban J connectivity index is 1.90. The fourth-order valence-electron chi connectivity index (χ4n) is 3.28. The van der Waals surface area contributed by atoms with Gasteiger partial charge in [0.25, 0.3) is 0 Å². The van der Waals surface area contributed by atoms with Gasteiger partial charge in [-0.15, -0.1) is 0 Å². The lowest BCUT2D eigenvalue weighted by molar-refractivity contribution is -0.000616. The molecule has 1 aliphatic heterocycles. The molecule has 1 aromatic heterocycles. The first kappa shape index (κ1) is 16.1. The summed E-state index contributed by atoms with van der Waals surface area (Å²) in [6.45, 7) is 4.26. The zero-order chi connectivity index (χ0) is 16.4. The van der Waals surface area contributed by atoms with Crippen LogP contribution in [-0.2, 0) is 4.74 Å². The topological polar surface area (TPSA) is 37.4 Å². The normalized spacial score (nSPS) is 17.6. The first-order chi connectivity index (χ1) is 11.0. The summed E-state index contributed by atoms with van der Waals surface area (Å²) < 4.78 is 19.5. The van der Waals surface area contributed by atoms with E-state index in [0.717, 1.165) is 49.4 Å². The summed E-state index contributed by atoms with van der Waals surface area (Å²) in [5.74, 6) is -0.275. The number of anilines is 1. The molecule has 0 bridgehead atoms. The quantitative estimate of drug-likeness (QED) is 0.939. The van der Waals surface area contributed by atoms with Gasteiger partial charge in [0.15, 0.2) is 0 Å². The van der Waals surface area contributed by atoms with Crippen molar-refractivity contribution >= 4 is 16.6 Å². The van der Waals surface area contributed by atoms with E-state index in [9.17, 15) is 4.39 Å². The van der Waals surface area contributed by atoms with Crippen LogP contribution >= 0.6 is 0 Å². The Morgan fingerprint density at radius 1 is 1.30 bits per heavy atom. The molecule has 23 heavy (non-hydrogen) atoms. The van der Waals surface area contributed by atoms with Crippen molar-refractivity contribution in [2.75, 3.05) is 39.2 Å². The van der Waals surface area contributed by atoms with Gasteiger partial charge in [-0.05, 0) is 46.0 Å². The summed E-state index contributed by atoms with van der Waals surface area (Å²) in [5, 5.41) is 4.37. The number of halogens is 1. The molecule has 0 unspecified atom stereocenters. The van der Waals surface area contributed by atoms with Crippen molar-refractivity contribution in [2.45, 2.75) is 25.3 Å². The summed E-state index contributed by atoms with van der Waals surface area (Å²) in [6.07, 6.45) is 1.98. The van der Waals surface area contributed by atoms with Crippen molar-refractivity contribution in [3.63, 3.8) is 0 Å². The number of hydrogen-bond donors (Lipinski definition) is 1. The minimum absolute atomic E-state index is 0.0646. The molecule has 5 heteroatoms. The van der Waals surface area contributed by atoms with Gasteiger partial charge in [-0.25, -0.2) is 9.37 Å². The molecule has 1 fully saturated rings. The van der Waals surface area contributed by atoms with Gasteiger partial charge in [0.1, 0.15) is 11.3 Å². The van der Waals surface area contributed by atoms with Crippen molar-refractivity contribution in [2.24, 2.45) is 0 Å². The molecule has 124 valence electrons. The van der Waals surface area contributed by atoms with E-state index in [1.165, 1.54) is 6.07 Å². The highest BCUT2D eigenvalue weighted by Gasteiger charge is 2.34. The molecular formula is C18H24FN3O. The van der Waals surface area contributed by atoms with E-state index >= 15 is 0 Å². The highest BCUT2D eigenvalue weighted by Crippen LogP contribution is 2.29. The molecule has 0 amide bonds. The van der Waals surface area contributed by atoms with Gasteiger partial charge < -0.3 is 15.0 Å². The minimum Gasteiger partial charge on any atom is -0.383 e. The van der Waals surface area contributed by atoms with Gasteiger partial charge in [0, 0.05) is 42.1 Å². The van der Waals surface area contributed by atoms with E-state index in [-0.39, 0.29) is 11.4 Å². The number of ether oxygens (including phenoxy) is 1. The fourth-order valence-corrected chi connectivity index (χ4v) is 3.28. The maximum Gasteiger partial charge on any atom is 0.149 e. The van der Waals surface area contributed by atoms with Crippen molar-refractivity contribution in [3.05, 3.63) is 35.8 Å². The average Bonchev–Trinajstić information content (AvgIpc) is 2.54. The molecule has 0 saturated carbocycles. The zero-order valence-electron chi connectivity index (χ0n) is 14.0. The number of pyridine rings is 1. The lowest BCUT2D eigenvalue weighted by Gasteiger charge is -2.43. The molecule has 1 N–H and O–H groups in total. The van der Waals surface area contributed by atoms with Crippen molar-refractivity contribution in [3.8, 4) is 0 Å². The van der Waals surface area contributed by atoms with Crippen molar-refractivity contribution < 1.29 is 9.13 Å². The number of likely N-dealkylation sites (N-methyl/N-ethyl adjacent to an activating group) is 1. The summed E-state index contributed by atoms with van der Waals surface area (Å²) in [5.41, 5.74) is 2.26. The lowest BCUT2D eigenvalue weighted by atomic mass is 9.88. The smallest absolute Gasteiger partial charge is 0.149 e. The van der Waals surface area contributed by atoms with Crippen LogP contribution < -0.4 is 5.32 Å². The standard InChI is InChI=1S/C18H24FN3O/c1-13-11-16(14-5-4-6-15(19)17(14)21-13)20-12-18(22(2)3)7-9-23-10-8-18/h4-6,11H,7-10,12H2,1-3H3,(H,20,21). The van der Waals surface area contributed by atoms with Crippen LogP contribution in [-0.4, -0.2) is 49.3 Å². The Bertz CT molecular complexity index is 696. The van der Waals surface area contributed by atoms with Crippen LogP contribution in [0.1, 0.15) is 18.5 Å². The summed E-state index contributed by atoms with van der Waals surface area (Å²) >= 11 is 0. The molecule has 0 spiro atoms. The highest BCUT2D eigenvalue weighted by atomic mass is 19.1. The molecule has 0 aliphatic carbocycles. The maximum absolute atomic E-state index is 14.0. The number of benzene rings is 1. The van der Waals surface area contributed by atoms with Crippen LogP contribution in [0.4, 0.5) is 10.1 Å². The largest absolute Gasteiger partial charge is 0.383 e. The monoisotopic (exact) mass is 317 g/mol. The third-order valence-corrected chi connectivity index (χ3v) is 4.90. The third kappa shape index (κ3) is 3.16. The molecule has 2 aromatic rings. The van der Waals surface area contributed by atoms with E-state index in [1.54, 1.807) is 6.07 Å². The Labute approximate surface area is 136 Å². The summed E-state index contributed by atoms with van der Waals surface area (Å²) in [6, 6.07) is 7.10. The van der Waals surface area contributed by atoms with E-state index in [2.05, 4.69) is 29.3 Å². The number of aryl methyl sites for hydroxylation is 1. The predicted octanol–water partition coefficient (Wildman–Crippen LogP) is 3.21. The first-order valence-corrected chi connectivity index (χ1v) is 8.07. The van der Waals surface area contributed by atoms with Gasteiger partial charge in [-0.3, -0.25) is 0 Å². The predicted molar refractivity (Wildman–Crippen MR) is 91.4 cm³/mol. The number of para-hydroxylation sites is 1. The minimum atomic E-state index is -0.275. The Kier molecular flexibility index (Phi) is 4.50. The maximum atomic E-state index is 14.0. The SMILES string of the molecule is Cc1cc(NCC2(N(C)C)CCOCC2)c2cccc(F)c2n1. The second kappa shape index (κ2) is 6.42. The number of rotatable bonds is 4. The second-order valence-corrected chi connectivity index (χ2v) is 6.53. The lowest BCUT2D eigenvalue weighted by Crippen LogP contribution is -2.53. The highest BCUT2D eigenvalue weighted by molar-refractivity contribution is 5.91. The average molecular weight is 317 g/mol. The zero-order valence-corrected chi connectivity index (χ0v) is 14.0. The summed E-state index contributed by atoms with van der Waals surface area (Å²) in [7, 11) is 4.23. The van der Waals surface area contributed by atoms with Gasteiger partial charge in [-0.1, -0.05) is 12.1 Å². The van der Waals surface area contributed by atoms with E-state index < -0.39 is 0 Å². The van der Waals surface area contributed by atoms with Crippen molar-refractivity contribution in [1.82, 2.24) is 9.88 Å². The molecule has 0 radical (unpaired) electrons. The van der Waals surface area contributed by atoms with E-state index in [4.69, 9.17) is 4.74 Å². The van der Waals surface area contributed by atoms with Crippen LogP contribution in [0.2, 0.25) is 0 Å². The number of nitrogens with one attached hydrogen (secondary N) is 1. The first-order valence-electron chi connectivity index (χ1n) is 8.07. The van der Waals surface area contributed by atoms with Crippen LogP contribution in [0.15, 0.2) is 24.3 Å². The van der Waals surface area contributed by atoms with Crippen LogP contribution in [0.5, 0.6) is 0 Å². The molecule has 2 heterocycles. The molecule has 1 saturated heterocycles. The van der Waals surface area contributed by atoms with Gasteiger partial charge in [0.2, 0.25) is 0 Å². The Morgan fingerprint density at radius 3 is 2.74 bits per heavy atom. The molecule has 0 atom stereocenters. The van der Waals surface area contributed by atoms with Crippen LogP contribution in [0.3, 0.4) is 0 Å². The molecule has 4 nitrogen and oxygen atoms in total. The molecule has 1 aromatic carbocycles. The number of hydrogen-bond acceptors (Lipinski definition) is 4. The Morgan fingerprint density at radius 2 is 2.04 bits per heavy atom. The van der Waals surface area contributed by atoms with Crippen molar-refractivity contribution in [1.29, 1.82) is 0 Å². The van der Waals surface area contributed by atoms with Crippen LogP contribution in [0, 0.1) is 12.7 Å². The van der Waals surface area contributed by atoms with Gasteiger partial charge >= 0.3 is 0 Å². The van der Waals surface area contributed by atoms with Gasteiger partial charge in [-0.2, -0.15) is 0 Å². The number of nitrogens with zero attached hydrogens (tertiary/aromatic N) is 2. The molecule has 3 rings (SSSR count).